The molecule has 0 bridgehead atoms. The van der Waals surface area contributed by atoms with Crippen LogP contribution in [0.25, 0.3) is 0 Å². The molecule has 3 aliphatic heterocycles. The number of hydrogen-bond acceptors (Lipinski definition) is 7. The zero-order chi connectivity index (χ0) is 29.1. The fraction of sp³-hybridized carbons (Fsp3) is 0.281. The molecule has 1 atom stereocenters. The molecule has 6 rings (SSSR count). The Morgan fingerprint density at radius 2 is 1.64 bits per heavy atom. The van der Waals surface area contributed by atoms with E-state index in [0.29, 0.717) is 36.2 Å². The highest BCUT2D eigenvalue weighted by molar-refractivity contribution is 8.14. The Kier molecular flexibility index (Phi) is 8.05. The number of rotatable bonds is 7. The van der Waals surface area contributed by atoms with Crippen LogP contribution < -0.4 is 10.2 Å². The molecular formula is C32H32N6O3S. The largest absolute Gasteiger partial charge is 0.368 e. The number of fused-ring (bicyclic) bond motifs is 3. The van der Waals surface area contributed by atoms with Gasteiger partial charge in [0.1, 0.15) is 11.9 Å². The third kappa shape index (κ3) is 5.80. The quantitative estimate of drug-likeness (QED) is 0.445. The van der Waals surface area contributed by atoms with Gasteiger partial charge in [0, 0.05) is 49.5 Å². The van der Waals surface area contributed by atoms with E-state index in [2.05, 4.69) is 22.3 Å². The Hall–Kier alpha value is -4.44. The molecule has 9 nitrogen and oxygen atoms in total. The number of anilines is 2. The molecule has 0 aliphatic carbocycles. The summed E-state index contributed by atoms with van der Waals surface area (Å²) in [5.41, 5.74) is 4.36. The Bertz CT molecular complexity index is 1570. The molecule has 1 unspecified atom stereocenters. The molecule has 3 amide bonds. The van der Waals surface area contributed by atoms with Crippen LogP contribution in [0.5, 0.6) is 0 Å². The minimum Gasteiger partial charge on any atom is -0.368 e. The highest BCUT2D eigenvalue weighted by atomic mass is 32.2. The Morgan fingerprint density at radius 1 is 0.929 bits per heavy atom. The molecule has 0 spiro atoms. The van der Waals surface area contributed by atoms with Gasteiger partial charge in [-0.1, -0.05) is 60.3 Å². The first-order valence-electron chi connectivity index (χ1n) is 14.1. The smallest absolute Gasteiger partial charge is 0.259 e. The summed E-state index contributed by atoms with van der Waals surface area (Å²) in [7, 11) is 0. The fourth-order valence-corrected chi connectivity index (χ4v) is 6.19. The van der Waals surface area contributed by atoms with E-state index in [9.17, 15) is 14.4 Å². The van der Waals surface area contributed by atoms with Gasteiger partial charge in [0.05, 0.1) is 11.4 Å². The number of hydrogen-bond donors (Lipinski definition) is 1. The highest BCUT2D eigenvalue weighted by Crippen LogP contribution is 2.34. The molecule has 0 radical (unpaired) electrons. The van der Waals surface area contributed by atoms with Crippen LogP contribution in [0, 0.1) is 6.92 Å². The maximum absolute atomic E-state index is 13.6. The summed E-state index contributed by atoms with van der Waals surface area (Å²) in [6, 6.07) is 24.7. The lowest BCUT2D eigenvalue weighted by Crippen LogP contribution is -2.49. The Morgan fingerprint density at radius 3 is 2.43 bits per heavy atom. The van der Waals surface area contributed by atoms with Crippen LogP contribution in [-0.2, 0) is 14.4 Å². The zero-order valence-corrected chi connectivity index (χ0v) is 24.2. The molecule has 3 aromatic rings. The second-order valence-electron chi connectivity index (χ2n) is 10.4. The number of aliphatic imine (C=N–C) groups is 2. The third-order valence-electron chi connectivity index (χ3n) is 7.68. The molecule has 3 heterocycles. The van der Waals surface area contributed by atoms with Crippen LogP contribution in [-0.4, -0.2) is 76.5 Å². The first-order chi connectivity index (χ1) is 20.5. The van der Waals surface area contributed by atoms with Crippen molar-refractivity contribution in [2.45, 2.75) is 25.8 Å². The van der Waals surface area contributed by atoms with E-state index in [-0.39, 0.29) is 29.9 Å². The van der Waals surface area contributed by atoms with Crippen molar-refractivity contribution >= 4 is 57.5 Å². The molecule has 10 heteroatoms. The van der Waals surface area contributed by atoms with Gasteiger partial charge in [0.2, 0.25) is 11.8 Å². The van der Waals surface area contributed by atoms with Crippen LogP contribution >= 0.6 is 11.8 Å². The van der Waals surface area contributed by atoms with E-state index in [1.165, 1.54) is 16.7 Å². The number of carbonyl (C=O) groups is 3. The van der Waals surface area contributed by atoms with Crippen molar-refractivity contribution in [2.75, 3.05) is 42.1 Å². The Balaban J connectivity index is 1.09. The van der Waals surface area contributed by atoms with Gasteiger partial charge in [-0.05, 0) is 49.2 Å². The normalized spacial score (nSPS) is 17.8. The van der Waals surface area contributed by atoms with Gasteiger partial charge < -0.3 is 15.1 Å². The van der Waals surface area contributed by atoms with Gasteiger partial charge in [-0.25, -0.2) is 9.89 Å². The number of carbonyl (C=O) groups excluding carboxylic acids is 3. The topological polar surface area (TPSA) is 97.7 Å². The lowest BCUT2D eigenvalue weighted by Gasteiger charge is -2.36. The number of amides is 3. The van der Waals surface area contributed by atoms with Crippen LogP contribution in [0.2, 0.25) is 0 Å². The number of aryl methyl sites for hydroxylation is 1. The number of para-hydroxylation sites is 3. The van der Waals surface area contributed by atoms with Crippen LogP contribution in [0.3, 0.4) is 0 Å². The van der Waals surface area contributed by atoms with E-state index in [1.807, 2.05) is 78.6 Å². The number of benzene rings is 3. The first kappa shape index (κ1) is 27.7. The summed E-state index contributed by atoms with van der Waals surface area (Å²) in [5, 5.41) is 3.35. The second kappa shape index (κ2) is 12.2. The average Bonchev–Trinajstić information content (AvgIpc) is 3.36. The van der Waals surface area contributed by atoms with E-state index in [4.69, 9.17) is 9.98 Å². The lowest BCUT2D eigenvalue weighted by molar-refractivity contribution is -0.132. The average molecular weight is 581 g/mol. The number of nitrogens with one attached hydrogen (secondary N) is 1. The van der Waals surface area contributed by atoms with Crippen molar-refractivity contribution in [3.63, 3.8) is 0 Å². The lowest BCUT2D eigenvalue weighted by atomic mass is 10.1. The van der Waals surface area contributed by atoms with Gasteiger partial charge in [0.15, 0.2) is 5.17 Å². The summed E-state index contributed by atoms with van der Waals surface area (Å²) in [6.45, 7) is 4.79. The third-order valence-corrected chi connectivity index (χ3v) is 8.62. The van der Waals surface area contributed by atoms with Gasteiger partial charge >= 0.3 is 0 Å². The van der Waals surface area contributed by atoms with Crippen molar-refractivity contribution in [1.82, 2.24) is 9.80 Å². The van der Waals surface area contributed by atoms with Crippen LogP contribution in [0.4, 0.5) is 17.1 Å². The molecule has 1 saturated heterocycles. The summed E-state index contributed by atoms with van der Waals surface area (Å²) < 4.78 is 0. The molecular weight excluding hydrogens is 548 g/mol. The predicted molar refractivity (Wildman–Crippen MR) is 167 cm³/mol. The molecule has 3 aliphatic rings. The summed E-state index contributed by atoms with van der Waals surface area (Å²) in [4.78, 5) is 54.6. The molecule has 0 aromatic heterocycles. The molecule has 1 N–H and O–H groups in total. The fourth-order valence-electron chi connectivity index (χ4n) is 5.39. The van der Waals surface area contributed by atoms with Gasteiger partial charge in [0.25, 0.3) is 5.91 Å². The van der Waals surface area contributed by atoms with Crippen molar-refractivity contribution in [1.29, 1.82) is 0 Å². The number of nitrogens with zero attached hydrogens (tertiary/aromatic N) is 5. The molecule has 214 valence electrons. The Labute approximate surface area is 249 Å². The van der Waals surface area contributed by atoms with E-state index < -0.39 is 6.04 Å². The van der Waals surface area contributed by atoms with Gasteiger partial charge in [-0.15, -0.1) is 0 Å². The minimum atomic E-state index is -0.674. The monoisotopic (exact) mass is 580 g/mol. The van der Waals surface area contributed by atoms with Gasteiger partial charge in [-0.3, -0.25) is 19.4 Å². The van der Waals surface area contributed by atoms with Gasteiger partial charge in [-0.2, -0.15) is 0 Å². The molecule has 1 fully saturated rings. The van der Waals surface area contributed by atoms with Crippen LogP contribution in [0.15, 0.2) is 88.8 Å². The standard InChI is InChI=1S/C32H32N6O3S/c1-22-9-5-7-13-25(22)33-28(39)21-42-32-35-26-14-8-6-12-24(26)30-34-27(31(41)38(30)32)15-16-29(40)37-19-17-36(18-20-37)23-10-3-2-4-11-23/h2-14,27H,15-21H2,1H3,(H,33,39). The van der Waals surface area contributed by atoms with Crippen molar-refractivity contribution in [2.24, 2.45) is 9.98 Å². The maximum Gasteiger partial charge on any atom is 0.259 e. The number of thioether (sulfide) groups is 1. The summed E-state index contributed by atoms with van der Waals surface area (Å²) >= 11 is 1.20. The molecule has 0 saturated carbocycles. The summed E-state index contributed by atoms with van der Waals surface area (Å²) in [5.74, 6) is 0.255. The predicted octanol–water partition coefficient (Wildman–Crippen LogP) is 4.45. The summed E-state index contributed by atoms with van der Waals surface area (Å²) in [6.07, 6.45) is 0.566. The maximum atomic E-state index is 13.6. The van der Waals surface area contributed by atoms with E-state index in [1.54, 1.807) is 0 Å². The molecule has 42 heavy (non-hydrogen) atoms. The number of amidine groups is 2. The highest BCUT2D eigenvalue weighted by Gasteiger charge is 2.41. The zero-order valence-electron chi connectivity index (χ0n) is 23.4. The van der Waals surface area contributed by atoms with Crippen molar-refractivity contribution in [3.8, 4) is 0 Å². The SMILES string of the molecule is Cc1ccccc1NC(=O)CSC1=Nc2ccccc2C2=NC(CCC(=O)N3CCN(c4ccccc4)CC3)C(=O)N12. The number of piperazine rings is 1. The molecule has 3 aromatic carbocycles. The first-order valence-corrected chi connectivity index (χ1v) is 15.1. The van der Waals surface area contributed by atoms with E-state index >= 15 is 0 Å². The second-order valence-corrected chi connectivity index (χ2v) is 11.4. The van der Waals surface area contributed by atoms with Crippen molar-refractivity contribution < 1.29 is 14.4 Å². The minimum absolute atomic E-state index is 0.0390. The van der Waals surface area contributed by atoms with Crippen LogP contribution in [0.1, 0.15) is 24.0 Å². The van der Waals surface area contributed by atoms with E-state index in [0.717, 1.165) is 35.6 Å². The van der Waals surface area contributed by atoms with Crippen molar-refractivity contribution in [3.05, 3.63) is 90.0 Å².